The Morgan fingerprint density at radius 2 is 0.677 bits per heavy atom. The summed E-state index contributed by atoms with van der Waals surface area (Å²) in [5.41, 5.74) is 19.9. The van der Waals surface area contributed by atoms with E-state index in [1.54, 1.807) is 0 Å². The summed E-state index contributed by atoms with van der Waals surface area (Å²) in [6.07, 6.45) is 0. The molecule has 9 aromatic rings. The van der Waals surface area contributed by atoms with Gasteiger partial charge in [0.15, 0.2) is 0 Å². The lowest BCUT2D eigenvalue weighted by molar-refractivity contribution is 0.462. The molecule has 2 aliphatic carbocycles. The number of rotatable bonds is 6. The van der Waals surface area contributed by atoms with E-state index in [9.17, 15) is 0 Å². The van der Waals surface area contributed by atoms with E-state index in [1.165, 1.54) is 55.4 Å². The third kappa shape index (κ3) is 5.58. The first-order chi connectivity index (χ1) is 31.7. The molecule has 5 heteroatoms. The van der Waals surface area contributed by atoms with Gasteiger partial charge < -0.3 is 19.3 Å². The lowest BCUT2D eigenvalue weighted by Crippen LogP contribution is -2.57. The van der Waals surface area contributed by atoms with E-state index >= 15 is 0 Å². The largest absolute Gasteiger partial charge is 0.458 e. The second-order valence-electron chi connectivity index (χ2n) is 18.9. The average Bonchev–Trinajstić information content (AvgIpc) is 3.69. The van der Waals surface area contributed by atoms with Gasteiger partial charge >= 0.3 is 0 Å². The molecule has 2 heterocycles. The van der Waals surface area contributed by atoms with Crippen molar-refractivity contribution in [2.75, 3.05) is 9.80 Å². The van der Waals surface area contributed by atoms with Crippen LogP contribution in [0.2, 0.25) is 0 Å². The molecule has 0 radical (unpaired) electrons. The van der Waals surface area contributed by atoms with E-state index in [-0.39, 0.29) is 17.5 Å². The Morgan fingerprint density at radius 3 is 1.05 bits per heavy atom. The zero-order valence-electron chi connectivity index (χ0n) is 36.8. The molecule has 9 aromatic carbocycles. The summed E-state index contributed by atoms with van der Waals surface area (Å²) in [4.78, 5) is 4.71. The summed E-state index contributed by atoms with van der Waals surface area (Å²) in [5, 5.41) is 0. The third-order valence-electron chi connectivity index (χ3n) is 14.5. The maximum atomic E-state index is 6.93. The number of hydrogen-bond acceptors (Lipinski definition) is 4. The van der Waals surface area contributed by atoms with Crippen LogP contribution in [0.1, 0.15) is 49.9 Å². The van der Waals surface area contributed by atoms with Crippen LogP contribution in [-0.4, -0.2) is 6.71 Å². The molecule has 4 aliphatic rings. The topological polar surface area (TPSA) is 24.9 Å². The summed E-state index contributed by atoms with van der Waals surface area (Å²) < 4.78 is 13.9. The summed E-state index contributed by atoms with van der Waals surface area (Å²) in [7, 11) is 0. The van der Waals surface area contributed by atoms with Crippen molar-refractivity contribution in [2.45, 2.75) is 38.5 Å². The minimum absolute atomic E-state index is 0.0690. The fraction of sp³-hybridized carbons (Fsp3) is 0.100. The quantitative estimate of drug-likeness (QED) is 0.156. The van der Waals surface area contributed by atoms with Gasteiger partial charge in [-0.25, -0.2) is 0 Å². The summed E-state index contributed by atoms with van der Waals surface area (Å²) >= 11 is 0. The Labute approximate surface area is 381 Å². The van der Waals surface area contributed by atoms with Crippen LogP contribution in [-0.2, 0) is 10.8 Å². The Hall–Kier alpha value is -7.76. The number of para-hydroxylation sites is 4. The van der Waals surface area contributed by atoms with Crippen molar-refractivity contribution in [3.63, 3.8) is 0 Å². The molecule has 13 rings (SSSR count). The molecule has 0 spiro atoms. The Kier molecular flexibility index (Phi) is 8.06. The summed E-state index contributed by atoms with van der Waals surface area (Å²) in [6.45, 7) is 9.35. The van der Waals surface area contributed by atoms with Crippen LogP contribution in [0.5, 0.6) is 23.0 Å². The first kappa shape index (κ1) is 37.8. The second kappa shape index (κ2) is 13.9. The number of ether oxygens (including phenoxy) is 2. The van der Waals surface area contributed by atoms with Crippen molar-refractivity contribution < 1.29 is 9.47 Å². The maximum Gasteiger partial charge on any atom is 0.260 e. The van der Waals surface area contributed by atoms with Gasteiger partial charge in [-0.15, -0.1) is 0 Å². The van der Waals surface area contributed by atoms with Gasteiger partial charge in [0, 0.05) is 50.4 Å². The van der Waals surface area contributed by atoms with Crippen LogP contribution >= 0.6 is 0 Å². The molecule has 310 valence electrons. The van der Waals surface area contributed by atoms with Gasteiger partial charge in [-0.05, 0) is 152 Å². The van der Waals surface area contributed by atoms with Gasteiger partial charge in [-0.1, -0.05) is 131 Å². The van der Waals surface area contributed by atoms with Crippen molar-refractivity contribution >= 4 is 57.2 Å². The molecule has 0 N–H and O–H groups in total. The molecule has 0 saturated heterocycles. The first-order valence-electron chi connectivity index (χ1n) is 22.7. The fourth-order valence-corrected chi connectivity index (χ4v) is 11.3. The molecule has 0 bridgehead atoms. The van der Waals surface area contributed by atoms with E-state index in [1.807, 2.05) is 0 Å². The van der Waals surface area contributed by atoms with E-state index in [2.05, 4.69) is 238 Å². The first-order valence-corrected chi connectivity index (χ1v) is 22.7. The zero-order valence-corrected chi connectivity index (χ0v) is 36.8. The van der Waals surface area contributed by atoms with Gasteiger partial charge in [0.25, 0.3) is 6.71 Å². The van der Waals surface area contributed by atoms with Gasteiger partial charge in [0.05, 0.1) is 0 Å². The minimum atomic E-state index is -0.264. The van der Waals surface area contributed by atoms with Crippen LogP contribution in [0, 0.1) is 0 Å². The van der Waals surface area contributed by atoms with Crippen LogP contribution < -0.4 is 35.7 Å². The molecular weight excluding hydrogens is 791 g/mol. The zero-order chi connectivity index (χ0) is 43.6. The minimum Gasteiger partial charge on any atom is -0.458 e. The van der Waals surface area contributed by atoms with Crippen LogP contribution in [0.3, 0.4) is 0 Å². The highest BCUT2D eigenvalue weighted by Crippen LogP contribution is 2.54. The molecular formula is C60H45BN2O2. The highest BCUT2D eigenvalue weighted by Gasteiger charge is 2.46. The number of nitrogens with zero attached hydrogens (tertiary/aromatic N) is 2. The van der Waals surface area contributed by atoms with E-state index in [4.69, 9.17) is 9.47 Å². The van der Waals surface area contributed by atoms with Crippen LogP contribution in [0.25, 0.3) is 22.3 Å². The maximum absolute atomic E-state index is 6.93. The van der Waals surface area contributed by atoms with Crippen molar-refractivity contribution in [1.82, 2.24) is 0 Å². The highest BCUT2D eigenvalue weighted by molar-refractivity contribution is 6.98. The van der Waals surface area contributed by atoms with Gasteiger partial charge in [-0.2, -0.15) is 0 Å². The number of fused-ring (bicyclic) bond motifs is 10. The van der Waals surface area contributed by atoms with E-state index in [0.717, 1.165) is 62.6 Å². The van der Waals surface area contributed by atoms with Crippen molar-refractivity contribution in [1.29, 1.82) is 0 Å². The smallest absolute Gasteiger partial charge is 0.260 e. The van der Waals surface area contributed by atoms with Gasteiger partial charge in [-0.3, -0.25) is 0 Å². The number of anilines is 6. The molecule has 0 aromatic heterocycles. The normalized spacial score (nSPS) is 14.6. The monoisotopic (exact) mass is 836 g/mol. The molecule has 0 fully saturated rings. The summed E-state index contributed by atoms with van der Waals surface area (Å²) in [5.74, 6) is 3.54. The molecule has 0 amide bonds. The van der Waals surface area contributed by atoms with Gasteiger partial charge in [0.2, 0.25) is 0 Å². The van der Waals surface area contributed by atoms with Crippen molar-refractivity contribution in [3.05, 3.63) is 222 Å². The lowest BCUT2D eigenvalue weighted by atomic mass is 9.34. The van der Waals surface area contributed by atoms with Gasteiger partial charge in [0.1, 0.15) is 23.0 Å². The average molecular weight is 837 g/mol. The highest BCUT2D eigenvalue weighted by atomic mass is 16.5. The Balaban J connectivity index is 0.945. The van der Waals surface area contributed by atoms with E-state index < -0.39 is 0 Å². The molecule has 0 atom stereocenters. The second-order valence-corrected chi connectivity index (χ2v) is 18.9. The van der Waals surface area contributed by atoms with E-state index in [0.29, 0.717) is 0 Å². The standard InChI is InChI=1S/C60H45BN2O2/c1-59(2)48-32-42(62(38-18-9-5-10-19-38)39-20-11-6-12-21-39)28-30-44(48)46-34-52-56(36-50(46)59)64-54-26-17-27-55-58(54)61(52)53-35-47-45-31-29-43(33-49(45)60(3,4)51(47)37-57(53)65-55)63(40-22-13-7-14-23-40)41-24-15-8-16-25-41/h5-37H,1-4H3. The predicted molar refractivity (Wildman–Crippen MR) is 269 cm³/mol. The number of benzene rings is 9. The number of hydrogen-bond donors (Lipinski definition) is 0. The third-order valence-corrected chi connectivity index (χ3v) is 14.5. The molecule has 0 saturated carbocycles. The SMILES string of the molecule is CC1(C)c2cc(N(c3ccccc3)c3ccccc3)ccc2-c2cc3c(cc21)Oc1cccc2c1B3c1cc3c(cc1O2)C(C)(C)c1cc(N(c2ccccc2)c2ccccc2)ccc1-3. The molecule has 0 unspecified atom stereocenters. The summed E-state index contributed by atoms with van der Waals surface area (Å²) in [6, 6.07) is 72.4. The molecule has 65 heavy (non-hydrogen) atoms. The van der Waals surface area contributed by atoms with Crippen LogP contribution in [0.15, 0.2) is 200 Å². The Morgan fingerprint density at radius 1 is 0.323 bits per heavy atom. The predicted octanol–water partition coefficient (Wildman–Crippen LogP) is 14.0. The van der Waals surface area contributed by atoms with Crippen molar-refractivity contribution in [3.8, 4) is 45.3 Å². The van der Waals surface area contributed by atoms with Crippen molar-refractivity contribution in [2.24, 2.45) is 0 Å². The molecule has 4 nitrogen and oxygen atoms in total. The molecule has 2 aliphatic heterocycles. The Bertz CT molecular complexity index is 3080. The fourth-order valence-electron chi connectivity index (χ4n) is 11.3. The lowest BCUT2D eigenvalue weighted by Gasteiger charge is -2.34. The van der Waals surface area contributed by atoms with Crippen LogP contribution in [0.4, 0.5) is 34.1 Å².